The van der Waals surface area contributed by atoms with E-state index in [1.807, 2.05) is 6.07 Å². The van der Waals surface area contributed by atoms with Crippen molar-refractivity contribution >= 4 is 23.2 Å². The number of phenols is 1. The number of nitrogens with one attached hydrogen (secondary N) is 1. The van der Waals surface area contributed by atoms with Crippen LogP contribution in [0.2, 0.25) is 5.02 Å². The molecule has 1 heterocycles. The Morgan fingerprint density at radius 1 is 1.27 bits per heavy atom. The molecule has 0 bridgehead atoms. The number of piperidine rings is 1. The normalized spacial score (nSPS) is 17.0. The van der Waals surface area contributed by atoms with E-state index in [1.165, 1.54) is 17.7 Å². The SMILES string of the molecule is CC(c1ccccc1)N1CCC(NC(=O)c2cc(Cl)c(N)cc2O)CC1. The van der Waals surface area contributed by atoms with Crippen molar-refractivity contribution in [3.63, 3.8) is 0 Å². The second-order valence-corrected chi connectivity index (χ2v) is 7.17. The number of hydrogen-bond acceptors (Lipinski definition) is 4. The number of phenolic OH excluding ortho intramolecular Hbond substituents is 1. The first kappa shape index (κ1) is 18.5. The molecule has 138 valence electrons. The summed E-state index contributed by atoms with van der Waals surface area (Å²) in [6, 6.07) is 13.6. The number of hydrogen-bond donors (Lipinski definition) is 3. The van der Waals surface area contributed by atoms with Gasteiger partial charge in [-0.05, 0) is 31.4 Å². The maximum Gasteiger partial charge on any atom is 0.255 e. The molecule has 1 saturated heterocycles. The lowest BCUT2D eigenvalue weighted by Gasteiger charge is -2.36. The van der Waals surface area contributed by atoms with Gasteiger partial charge in [-0.15, -0.1) is 0 Å². The molecule has 0 aromatic heterocycles. The molecule has 2 aromatic carbocycles. The van der Waals surface area contributed by atoms with Gasteiger partial charge in [-0.1, -0.05) is 41.9 Å². The van der Waals surface area contributed by atoms with Crippen molar-refractivity contribution in [3.8, 4) is 5.75 Å². The molecule has 1 fully saturated rings. The number of likely N-dealkylation sites (tertiary alicyclic amines) is 1. The Balaban J connectivity index is 1.57. The summed E-state index contributed by atoms with van der Waals surface area (Å²) in [5.74, 6) is -0.474. The minimum Gasteiger partial charge on any atom is -0.507 e. The van der Waals surface area contributed by atoms with E-state index in [9.17, 15) is 9.90 Å². The van der Waals surface area contributed by atoms with Crippen LogP contribution in [-0.2, 0) is 0 Å². The average Bonchev–Trinajstić information content (AvgIpc) is 2.65. The second-order valence-electron chi connectivity index (χ2n) is 6.76. The van der Waals surface area contributed by atoms with Crippen LogP contribution >= 0.6 is 11.6 Å². The van der Waals surface area contributed by atoms with E-state index in [2.05, 4.69) is 41.4 Å². The topological polar surface area (TPSA) is 78.6 Å². The van der Waals surface area contributed by atoms with Crippen molar-refractivity contribution in [1.82, 2.24) is 10.2 Å². The highest BCUT2D eigenvalue weighted by Gasteiger charge is 2.25. The second kappa shape index (κ2) is 7.98. The highest BCUT2D eigenvalue weighted by molar-refractivity contribution is 6.33. The fraction of sp³-hybridized carbons (Fsp3) is 0.350. The van der Waals surface area contributed by atoms with Crippen LogP contribution in [0, 0.1) is 0 Å². The number of anilines is 1. The molecule has 1 aliphatic heterocycles. The largest absolute Gasteiger partial charge is 0.507 e. The summed E-state index contributed by atoms with van der Waals surface area (Å²) in [5.41, 5.74) is 7.35. The van der Waals surface area contributed by atoms with Crippen molar-refractivity contribution in [3.05, 3.63) is 58.6 Å². The quantitative estimate of drug-likeness (QED) is 0.716. The molecule has 26 heavy (non-hydrogen) atoms. The molecule has 0 saturated carbocycles. The number of rotatable bonds is 4. The molecule has 0 radical (unpaired) electrons. The molecular weight excluding hydrogens is 350 g/mol. The Morgan fingerprint density at radius 2 is 1.92 bits per heavy atom. The Labute approximate surface area is 158 Å². The summed E-state index contributed by atoms with van der Waals surface area (Å²) in [6.45, 7) is 4.04. The number of nitrogen functional groups attached to an aromatic ring is 1. The number of amides is 1. The standard InChI is InChI=1S/C20H24ClN3O2/c1-13(14-5-3-2-4-6-14)24-9-7-15(8-10-24)23-20(26)16-11-17(21)18(22)12-19(16)25/h2-6,11-13,15,25H,7-10,22H2,1H3,(H,23,26). The molecule has 3 rings (SSSR count). The summed E-state index contributed by atoms with van der Waals surface area (Å²) in [4.78, 5) is 14.9. The van der Waals surface area contributed by atoms with E-state index >= 15 is 0 Å². The fourth-order valence-electron chi connectivity index (χ4n) is 3.40. The zero-order valence-corrected chi connectivity index (χ0v) is 15.5. The van der Waals surface area contributed by atoms with Gasteiger partial charge < -0.3 is 16.2 Å². The van der Waals surface area contributed by atoms with Gasteiger partial charge in [0, 0.05) is 31.2 Å². The summed E-state index contributed by atoms with van der Waals surface area (Å²) in [6.07, 6.45) is 1.73. The molecule has 2 aromatic rings. The van der Waals surface area contributed by atoms with Crippen LogP contribution in [0.15, 0.2) is 42.5 Å². The number of nitrogens with zero attached hydrogens (tertiary/aromatic N) is 1. The van der Waals surface area contributed by atoms with Crippen LogP contribution < -0.4 is 11.1 Å². The summed E-state index contributed by atoms with van der Waals surface area (Å²) in [7, 11) is 0. The molecule has 0 spiro atoms. The van der Waals surface area contributed by atoms with Crippen molar-refractivity contribution in [2.24, 2.45) is 0 Å². The highest BCUT2D eigenvalue weighted by atomic mass is 35.5. The minimum atomic E-state index is -0.320. The Bertz CT molecular complexity index is 774. The fourth-order valence-corrected chi connectivity index (χ4v) is 3.56. The predicted octanol–water partition coefficient (Wildman–Crippen LogP) is 3.58. The van der Waals surface area contributed by atoms with Gasteiger partial charge in [-0.25, -0.2) is 0 Å². The van der Waals surface area contributed by atoms with Gasteiger partial charge in [0.1, 0.15) is 5.75 Å². The molecule has 4 N–H and O–H groups in total. The van der Waals surface area contributed by atoms with Gasteiger partial charge in [-0.2, -0.15) is 0 Å². The van der Waals surface area contributed by atoms with Crippen molar-refractivity contribution < 1.29 is 9.90 Å². The lowest BCUT2D eigenvalue weighted by Crippen LogP contribution is -2.45. The van der Waals surface area contributed by atoms with E-state index < -0.39 is 0 Å². The van der Waals surface area contributed by atoms with Crippen LogP contribution in [0.3, 0.4) is 0 Å². The maximum absolute atomic E-state index is 12.4. The lowest BCUT2D eigenvalue weighted by atomic mass is 10.00. The monoisotopic (exact) mass is 373 g/mol. The van der Waals surface area contributed by atoms with Gasteiger partial charge in [0.05, 0.1) is 16.3 Å². The number of halogens is 1. The van der Waals surface area contributed by atoms with E-state index in [0.717, 1.165) is 25.9 Å². The van der Waals surface area contributed by atoms with Crippen molar-refractivity contribution in [2.45, 2.75) is 31.8 Å². The lowest BCUT2D eigenvalue weighted by molar-refractivity contribution is 0.0893. The van der Waals surface area contributed by atoms with Crippen molar-refractivity contribution in [2.75, 3.05) is 18.8 Å². The van der Waals surface area contributed by atoms with Gasteiger partial charge in [0.2, 0.25) is 0 Å². The first-order valence-corrected chi connectivity index (χ1v) is 9.21. The Kier molecular flexibility index (Phi) is 5.69. The van der Waals surface area contributed by atoms with E-state index in [4.69, 9.17) is 17.3 Å². The summed E-state index contributed by atoms with van der Waals surface area (Å²) >= 11 is 5.96. The van der Waals surface area contributed by atoms with E-state index in [-0.39, 0.29) is 34.0 Å². The average molecular weight is 374 g/mol. The molecule has 1 atom stereocenters. The molecule has 6 heteroatoms. The molecule has 1 aliphatic rings. The molecule has 5 nitrogen and oxygen atoms in total. The smallest absolute Gasteiger partial charge is 0.255 e. The van der Waals surface area contributed by atoms with Crippen LogP contribution in [0.4, 0.5) is 5.69 Å². The van der Waals surface area contributed by atoms with E-state index in [0.29, 0.717) is 6.04 Å². The Hall–Kier alpha value is -2.24. The highest BCUT2D eigenvalue weighted by Crippen LogP contribution is 2.28. The Morgan fingerprint density at radius 3 is 2.58 bits per heavy atom. The number of aromatic hydroxyl groups is 1. The number of carbonyl (C=O) groups excluding carboxylic acids is 1. The third kappa shape index (κ3) is 4.11. The third-order valence-corrected chi connectivity index (χ3v) is 5.38. The van der Waals surface area contributed by atoms with Gasteiger partial charge >= 0.3 is 0 Å². The van der Waals surface area contributed by atoms with Crippen LogP contribution in [0.1, 0.15) is 41.7 Å². The molecule has 1 unspecified atom stereocenters. The molecule has 0 aliphatic carbocycles. The number of carbonyl (C=O) groups is 1. The summed E-state index contributed by atoms with van der Waals surface area (Å²) < 4.78 is 0. The van der Waals surface area contributed by atoms with E-state index in [1.54, 1.807) is 0 Å². The van der Waals surface area contributed by atoms with Crippen LogP contribution in [-0.4, -0.2) is 35.0 Å². The number of nitrogens with two attached hydrogens (primary N) is 1. The zero-order chi connectivity index (χ0) is 18.7. The molecular formula is C20H24ClN3O2. The third-order valence-electron chi connectivity index (χ3n) is 5.05. The van der Waals surface area contributed by atoms with Gasteiger partial charge in [0.25, 0.3) is 5.91 Å². The first-order valence-electron chi connectivity index (χ1n) is 8.83. The maximum atomic E-state index is 12.4. The van der Waals surface area contributed by atoms with Crippen molar-refractivity contribution in [1.29, 1.82) is 0 Å². The van der Waals surface area contributed by atoms with Gasteiger partial charge in [0.15, 0.2) is 0 Å². The van der Waals surface area contributed by atoms with Gasteiger partial charge in [-0.3, -0.25) is 9.69 Å². The summed E-state index contributed by atoms with van der Waals surface area (Å²) in [5, 5.41) is 13.2. The van der Waals surface area contributed by atoms with Crippen LogP contribution in [0.5, 0.6) is 5.75 Å². The first-order chi connectivity index (χ1) is 12.5. The minimum absolute atomic E-state index is 0.0810. The predicted molar refractivity (Wildman–Crippen MR) is 104 cm³/mol. The zero-order valence-electron chi connectivity index (χ0n) is 14.8. The molecule has 1 amide bonds. The van der Waals surface area contributed by atoms with Crippen LogP contribution in [0.25, 0.3) is 0 Å². The number of benzene rings is 2.